The van der Waals surface area contributed by atoms with Crippen LogP contribution in [-0.2, 0) is 11.2 Å². The summed E-state index contributed by atoms with van der Waals surface area (Å²) in [6.07, 6.45) is 5.68. The minimum Gasteiger partial charge on any atom is -0.361 e. The van der Waals surface area contributed by atoms with E-state index >= 15 is 0 Å². The molecular formula is C28H28N4O2. The van der Waals surface area contributed by atoms with E-state index in [0.29, 0.717) is 18.2 Å². The van der Waals surface area contributed by atoms with Crippen molar-refractivity contribution in [3.05, 3.63) is 82.7 Å². The van der Waals surface area contributed by atoms with Crippen molar-refractivity contribution in [3.8, 4) is 16.8 Å². The molecule has 3 heterocycles. The van der Waals surface area contributed by atoms with Crippen LogP contribution in [0.15, 0.2) is 65.6 Å². The molecule has 6 rings (SSSR count). The number of amides is 1. The summed E-state index contributed by atoms with van der Waals surface area (Å²) in [5.74, 6) is 1.67. The monoisotopic (exact) mass is 452 g/mol. The van der Waals surface area contributed by atoms with Gasteiger partial charge in [0.2, 0.25) is 5.91 Å². The van der Waals surface area contributed by atoms with Crippen LogP contribution in [0.5, 0.6) is 0 Å². The highest BCUT2D eigenvalue weighted by Gasteiger charge is 2.36. The number of benzene rings is 2. The number of H-pyrrole nitrogens is 1. The standard InChI is InChI=1S/C28H28N4O2/c1-18-14-27(33)30-26(15-19-11-13-31(17-19)28(34)22-3-4-22)32(18)24-8-6-20(7-9-24)23-5-2-21-10-12-29-25(21)16-23/h2,5-10,12,14,16,19,22,29H,3-4,11,13,15,17H2,1H3. The van der Waals surface area contributed by atoms with E-state index in [4.69, 9.17) is 0 Å². The summed E-state index contributed by atoms with van der Waals surface area (Å²) in [6.45, 7) is 3.53. The van der Waals surface area contributed by atoms with Crippen LogP contribution < -0.4 is 5.56 Å². The maximum absolute atomic E-state index is 12.5. The minimum absolute atomic E-state index is 0.205. The van der Waals surface area contributed by atoms with Gasteiger partial charge in [0.1, 0.15) is 5.82 Å². The molecule has 2 fully saturated rings. The van der Waals surface area contributed by atoms with Crippen molar-refractivity contribution in [1.82, 2.24) is 19.4 Å². The number of carbonyl (C=O) groups is 1. The first kappa shape index (κ1) is 20.9. The van der Waals surface area contributed by atoms with Gasteiger partial charge in [0.05, 0.1) is 0 Å². The third-order valence-electron chi connectivity index (χ3n) is 7.19. The van der Waals surface area contributed by atoms with Crippen molar-refractivity contribution >= 4 is 16.8 Å². The molecule has 34 heavy (non-hydrogen) atoms. The van der Waals surface area contributed by atoms with Gasteiger partial charge in [-0.05, 0) is 72.9 Å². The molecule has 1 saturated carbocycles. The van der Waals surface area contributed by atoms with E-state index in [1.807, 2.05) is 18.0 Å². The van der Waals surface area contributed by atoms with Crippen molar-refractivity contribution < 1.29 is 4.79 Å². The van der Waals surface area contributed by atoms with Gasteiger partial charge in [-0.25, -0.2) is 0 Å². The molecule has 0 bridgehead atoms. The average molecular weight is 453 g/mol. The Morgan fingerprint density at radius 2 is 1.82 bits per heavy atom. The Morgan fingerprint density at radius 3 is 2.62 bits per heavy atom. The van der Waals surface area contributed by atoms with Gasteiger partial charge in [0, 0.05) is 54.6 Å². The first-order valence-electron chi connectivity index (χ1n) is 12.1. The van der Waals surface area contributed by atoms with Gasteiger partial charge in [-0.2, -0.15) is 4.98 Å². The second-order valence-electron chi connectivity index (χ2n) is 9.73. The lowest BCUT2D eigenvalue weighted by Gasteiger charge is -2.19. The van der Waals surface area contributed by atoms with E-state index in [2.05, 4.69) is 63.1 Å². The number of aryl methyl sites for hydroxylation is 1. The molecule has 2 aromatic heterocycles. The zero-order chi connectivity index (χ0) is 23.2. The largest absolute Gasteiger partial charge is 0.361 e. The van der Waals surface area contributed by atoms with E-state index in [9.17, 15) is 9.59 Å². The second kappa shape index (κ2) is 8.28. The summed E-state index contributed by atoms with van der Waals surface area (Å²) in [5.41, 5.74) is 5.08. The van der Waals surface area contributed by atoms with Gasteiger partial charge in [-0.15, -0.1) is 0 Å². The summed E-state index contributed by atoms with van der Waals surface area (Å²) in [5, 5.41) is 1.20. The lowest BCUT2D eigenvalue weighted by Crippen LogP contribution is -2.30. The maximum atomic E-state index is 12.5. The molecule has 1 atom stereocenters. The Kier molecular flexibility index (Phi) is 5.09. The third-order valence-corrected chi connectivity index (χ3v) is 7.19. The highest BCUT2D eigenvalue weighted by molar-refractivity contribution is 5.85. The van der Waals surface area contributed by atoms with E-state index in [-0.39, 0.29) is 11.5 Å². The van der Waals surface area contributed by atoms with Crippen molar-refractivity contribution in [1.29, 1.82) is 0 Å². The van der Waals surface area contributed by atoms with Gasteiger partial charge < -0.3 is 14.5 Å². The molecule has 1 aliphatic heterocycles. The Labute approximate surface area is 198 Å². The predicted octanol–water partition coefficient (Wildman–Crippen LogP) is 4.49. The highest BCUT2D eigenvalue weighted by Crippen LogP contribution is 2.33. The van der Waals surface area contributed by atoms with Crippen LogP contribution in [-0.4, -0.2) is 38.4 Å². The number of aromatic nitrogens is 3. The fraction of sp³-hybridized carbons (Fsp3) is 0.321. The molecule has 4 aromatic rings. The zero-order valence-corrected chi connectivity index (χ0v) is 19.3. The van der Waals surface area contributed by atoms with Crippen molar-refractivity contribution in [2.75, 3.05) is 13.1 Å². The Bertz CT molecular complexity index is 1430. The van der Waals surface area contributed by atoms with Crippen LogP contribution in [0.3, 0.4) is 0 Å². The number of likely N-dealkylation sites (tertiary alicyclic amines) is 1. The molecule has 1 aliphatic carbocycles. The van der Waals surface area contributed by atoms with Crippen molar-refractivity contribution in [2.45, 2.75) is 32.6 Å². The fourth-order valence-electron chi connectivity index (χ4n) is 5.22. The summed E-state index contributed by atoms with van der Waals surface area (Å²) >= 11 is 0. The molecule has 6 heteroatoms. The van der Waals surface area contributed by atoms with Crippen LogP contribution in [0.25, 0.3) is 27.7 Å². The van der Waals surface area contributed by atoms with Crippen molar-refractivity contribution in [3.63, 3.8) is 0 Å². The molecule has 1 N–H and O–H groups in total. The molecule has 2 aliphatic rings. The number of rotatable bonds is 5. The average Bonchev–Trinajstić information content (AvgIpc) is 3.39. The molecule has 1 amide bonds. The van der Waals surface area contributed by atoms with E-state index in [1.54, 1.807) is 6.07 Å². The van der Waals surface area contributed by atoms with Crippen LogP contribution in [0.2, 0.25) is 0 Å². The number of fused-ring (bicyclic) bond motifs is 1. The number of nitrogens with one attached hydrogen (secondary N) is 1. The summed E-state index contributed by atoms with van der Waals surface area (Å²) < 4.78 is 2.09. The van der Waals surface area contributed by atoms with Gasteiger partial charge in [-0.3, -0.25) is 9.59 Å². The van der Waals surface area contributed by atoms with Gasteiger partial charge in [0.15, 0.2) is 0 Å². The SMILES string of the molecule is Cc1cc(=O)nc(CC2CCN(C(=O)C3CC3)C2)n1-c1ccc(-c2ccc3cc[nH]c3c2)cc1. The van der Waals surface area contributed by atoms with Gasteiger partial charge in [0.25, 0.3) is 5.56 Å². The van der Waals surface area contributed by atoms with E-state index in [1.165, 1.54) is 5.39 Å². The van der Waals surface area contributed by atoms with Crippen LogP contribution in [0, 0.1) is 18.8 Å². The topological polar surface area (TPSA) is 71.0 Å². The molecule has 1 unspecified atom stereocenters. The third kappa shape index (κ3) is 3.94. The number of hydrogen-bond acceptors (Lipinski definition) is 3. The van der Waals surface area contributed by atoms with E-state index < -0.39 is 0 Å². The lowest BCUT2D eigenvalue weighted by atomic mass is 10.0. The Morgan fingerprint density at radius 1 is 1.03 bits per heavy atom. The highest BCUT2D eigenvalue weighted by atomic mass is 16.2. The number of carbonyl (C=O) groups excluding carboxylic acids is 1. The number of nitrogens with zero attached hydrogens (tertiary/aromatic N) is 3. The van der Waals surface area contributed by atoms with Gasteiger partial charge >= 0.3 is 0 Å². The molecule has 0 radical (unpaired) electrons. The minimum atomic E-state index is -0.205. The molecule has 6 nitrogen and oxygen atoms in total. The first-order chi connectivity index (χ1) is 16.5. The molecule has 172 valence electrons. The van der Waals surface area contributed by atoms with Crippen molar-refractivity contribution in [2.24, 2.45) is 11.8 Å². The zero-order valence-electron chi connectivity index (χ0n) is 19.3. The Hall–Kier alpha value is -3.67. The molecule has 1 saturated heterocycles. The van der Waals surface area contributed by atoms with Crippen LogP contribution >= 0.6 is 0 Å². The summed E-state index contributed by atoms with van der Waals surface area (Å²) in [7, 11) is 0. The predicted molar refractivity (Wildman–Crippen MR) is 133 cm³/mol. The number of aromatic amines is 1. The quantitative estimate of drug-likeness (QED) is 0.485. The van der Waals surface area contributed by atoms with E-state index in [0.717, 1.165) is 66.2 Å². The molecular weight excluding hydrogens is 424 g/mol. The van der Waals surface area contributed by atoms with Gasteiger partial charge in [-0.1, -0.05) is 24.3 Å². The van der Waals surface area contributed by atoms with Crippen LogP contribution in [0.4, 0.5) is 0 Å². The summed E-state index contributed by atoms with van der Waals surface area (Å²) in [6, 6.07) is 18.5. The second-order valence-corrected chi connectivity index (χ2v) is 9.73. The fourth-order valence-corrected chi connectivity index (χ4v) is 5.22. The molecule has 0 spiro atoms. The summed E-state index contributed by atoms with van der Waals surface area (Å²) in [4.78, 5) is 34.4. The maximum Gasteiger partial charge on any atom is 0.273 e. The number of hydrogen-bond donors (Lipinski definition) is 1. The first-order valence-corrected chi connectivity index (χ1v) is 12.1. The Balaban J connectivity index is 1.27. The van der Waals surface area contributed by atoms with Crippen LogP contribution in [0.1, 0.15) is 30.8 Å². The lowest BCUT2D eigenvalue weighted by molar-refractivity contribution is -0.131. The molecule has 2 aromatic carbocycles. The normalized spacial score (nSPS) is 18.0. The smallest absolute Gasteiger partial charge is 0.273 e.